The Labute approximate surface area is 168 Å². The minimum absolute atomic E-state index is 0.0193. The summed E-state index contributed by atoms with van der Waals surface area (Å²) in [6.45, 7) is 1.69. The van der Waals surface area contributed by atoms with E-state index in [1.807, 2.05) is 0 Å². The molecule has 1 aromatic rings. The number of amides is 3. The number of aromatic nitrogens is 2. The van der Waals surface area contributed by atoms with E-state index in [2.05, 4.69) is 15.3 Å². The molecule has 0 radical (unpaired) electrons. The Bertz CT molecular complexity index is 814. The smallest absolute Gasteiger partial charge is 0.271 e. The van der Waals surface area contributed by atoms with Crippen LogP contribution in [0.3, 0.4) is 0 Å². The lowest BCUT2D eigenvalue weighted by Gasteiger charge is -2.46. The molecule has 1 saturated carbocycles. The Balaban J connectivity index is 1.23. The monoisotopic (exact) mass is 399 g/mol. The quantitative estimate of drug-likeness (QED) is 0.746. The van der Waals surface area contributed by atoms with Crippen LogP contribution < -0.4 is 5.32 Å². The Hall–Kier alpha value is -2.55. The highest BCUT2D eigenvalue weighted by molar-refractivity contribution is 5.98. The summed E-state index contributed by atoms with van der Waals surface area (Å²) >= 11 is 0. The van der Waals surface area contributed by atoms with E-state index in [1.165, 1.54) is 31.4 Å². The summed E-state index contributed by atoms with van der Waals surface area (Å²) in [4.78, 5) is 49.8. The first-order valence-corrected chi connectivity index (χ1v) is 10.4. The Morgan fingerprint density at radius 3 is 2.66 bits per heavy atom. The molecule has 0 spiro atoms. The highest BCUT2D eigenvalue weighted by Gasteiger charge is 2.52. The van der Waals surface area contributed by atoms with Crippen LogP contribution in [-0.4, -0.2) is 81.4 Å². The van der Waals surface area contributed by atoms with Gasteiger partial charge in [0.1, 0.15) is 17.8 Å². The van der Waals surface area contributed by atoms with Gasteiger partial charge < -0.3 is 19.9 Å². The number of nitrogens with one attached hydrogen (secondary N) is 1. The summed E-state index contributed by atoms with van der Waals surface area (Å²) in [5, 5.41) is 2.94. The van der Waals surface area contributed by atoms with Gasteiger partial charge in [0, 0.05) is 44.6 Å². The SMILES string of the molecule is O=C(NC1CCN2C(=O)C3CC(OCC4CC4)CN3C(=O)C2C1)c1cnccn1. The number of rotatable bonds is 5. The fourth-order valence-electron chi connectivity index (χ4n) is 4.61. The van der Waals surface area contributed by atoms with Gasteiger partial charge in [0.25, 0.3) is 5.91 Å². The molecule has 4 fully saturated rings. The van der Waals surface area contributed by atoms with Gasteiger partial charge in [-0.2, -0.15) is 0 Å². The third kappa shape index (κ3) is 3.59. The molecule has 3 amide bonds. The van der Waals surface area contributed by atoms with Crippen molar-refractivity contribution < 1.29 is 19.1 Å². The summed E-state index contributed by atoms with van der Waals surface area (Å²) < 4.78 is 5.96. The maximum Gasteiger partial charge on any atom is 0.271 e. The Morgan fingerprint density at radius 2 is 1.90 bits per heavy atom. The first-order valence-electron chi connectivity index (χ1n) is 10.4. The molecule has 5 rings (SSSR count). The van der Waals surface area contributed by atoms with Gasteiger partial charge in [0.15, 0.2) is 0 Å². The molecule has 9 nitrogen and oxygen atoms in total. The fourth-order valence-corrected chi connectivity index (χ4v) is 4.61. The predicted molar refractivity (Wildman–Crippen MR) is 101 cm³/mol. The number of carbonyl (C=O) groups excluding carboxylic acids is 3. The summed E-state index contributed by atoms with van der Waals surface area (Å²) in [6.07, 6.45) is 8.41. The molecule has 4 atom stereocenters. The molecule has 0 aromatic carbocycles. The van der Waals surface area contributed by atoms with E-state index >= 15 is 0 Å². The third-order valence-electron chi connectivity index (χ3n) is 6.40. The van der Waals surface area contributed by atoms with Crippen molar-refractivity contribution in [3.63, 3.8) is 0 Å². The number of carbonyl (C=O) groups is 3. The molecular weight excluding hydrogens is 374 g/mol. The lowest BCUT2D eigenvalue weighted by molar-refractivity contribution is -0.161. The standard InChI is InChI=1S/C20H25N5O4/c26-18(15-9-21-4-5-22-15)23-13-3-6-24-16(7-13)20(28)25-10-14(8-17(25)19(24)27)29-11-12-1-2-12/h4-5,9,12-14,16-17H,1-3,6-8,10-11H2,(H,23,26). The van der Waals surface area contributed by atoms with Gasteiger partial charge >= 0.3 is 0 Å². The van der Waals surface area contributed by atoms with Gasteiger partial charge in [-0.1, -0.05) is 0 Å². The number of ether oxygens (including phenoxy) is 1. The van der Waals surface area contributed by atoms with Gasteiger partial charge in [-0.3, -0.25) is 19.4 Å². The predicted octanol–water partition coefficient (Wildman–Crippen LogP) is -0.0243. The minimum atomic E-state index is -0.512. The van der Waals surface area contributed by atoms with Gasteiger partial charge in [-0.05, 0) is 31.6 Å². The molecule has 3 aliphatic heterocycles. The van der Waals surface area contributed by atoms with Crippen LogP contribution >= 0.6 is 0 Å². The Morgan fingerprint density at radius 1 is 1.10 bits per heavy atom. The van der Waals surface area contributed by atoms with Gasteiger partial charge in [-0.25, -0.2) is 4.98 Å². The molecular formula is C20H25N5O4. The molecule has 3 saturated heterocycles. The van der Waals surface area contributed by atoms with Crippen LogP contribution in [0.15, 0.2) is 18.6 Å². The zero-order chi connectivity index (χ0) is 20.0. The molecule has 4 aliphatic rings. The van der Waals surface area contributed by atoms with Crippen molar-refractivity contribution in [2.75, 3.05) is 19.7 Å². The fraction of sp³-hybridized carbons (Fsp3) is 0.650. The van der Waals surface area contributed by atoms with Crippen molar-refractivity contribution in [2.45, 2.75) is 56.3 Å². The average molecular weight is 399 g/mol. The summed E-state index contributed by atoms with van der Waals surface area (Å²) in [5.41, 5.74) is 0.247. The molecule has 0 bridgehead atoms. The molecule has 4 heterocycles. The summed E-state index contributed by atoms with van der Waals surface area (Å²) in [5.74, 6) is 0.346. The lowest BCUT2D eigenvalue weighted by atomic mass is 9.92. The van der Waals surface area contributed by atoms with Crippen molar-refractivity contribution in [1.82, 2.24) is 25.1 Å². The number of hydrogen-bond acceptors (Lipinski definition) is 6. The summed E-state index contributed by atoms with van der Waals surface area (Å²) in [7, 11) is 0. The van der Waals surface area contributed by atoms with E-state index in [0.717, 1.165) is 6.61 Å². The number of fused-ring (bicyclic) bond motifs is 2. The Kier molecular flexibility index (Phi) is 4.69. The highest BCUT2D eigenvalue weighted by Crippen LogP contribution is 2.34. The highest BCUT2D eigenvalue weighted by atomic mass is 16.5. The van der Waals surface area contributed by atoms with Crippen LogP contribution in [0.25, 0.3) is 0 Å². The third-order valence-corrected chi connectivity index (χ3v) is 6.40. The second-order valence-electron chi connectivity index (χ2n) is 8.47. The molecule has 4 unspecified atom stereocenters. The van der Waals surface area contributed by atoms with Gasteiger partial charge in [0.05, 0.1) is 12.3 Å². The summed E-state index contributed by atoms with van der Waals surface area (Å²) in [6, 6.07) is -1.08. The zero-order valence-corrected chi connectivity index (χ0v) is 16.2. The topological polar surface area (TPSA) is 105 Å². The molecule has 1 aromatic heterocycles. The molecule has 1 aliphatic carbocycles. The van der Waals surface area contributed by atoms with Crippen molar-refractivity contribution in [3.8, 4) is 0 Å². The van der Waals surface area contributed by atoms with Gasteiger partial charge in [-0.15, -0.1) is 0 Å². The number of nitrogens with zero attached hydrogens (tertiary/aromatic N) is 4. The van der Waals surface area contributed by atoms with Crippen LogP contribution in [0.4, 0.5) is 0 Å². The van der Waals surface area contributed by atoms with E-state index in [-0.39, 0.29) is 35.6 Å². The van der Waals surface area contributed by atoms with Crippen molar-refractivity contribution in [1.29, 1.82) is 0 Å². The van der Waals surface area contributed by atoms with Crippen molar-refractivity contribution in [2.24, 2.45) is 5.92 Å². The van der Waals surface area contributed by atoms with Crippen molar-refractivity contribution in [3.05, 3.63) is 24.3 Å². The van der Waals surface area contributed by atoms with E-state index in [1.54, 1.807) is 9.80 Å². The van der Waals surface area contributed by atoms with Crippen LogP contribution in [0, 0.1) is 5.92 Å². The van der Waals surface area contributed by atoms with Crippen LogP contribution in [0.1, 0.15) is 42.6 Å². The zero-order valence-electron chi connectivity index (χ0n) is 16.2. The second-order valence-corrected chi connectivity index (χ2v) is 8.47. The van der Waals surface area contributed by atoms with E-state index < -0.39 is 12.1 Å². The first kappa shape index (κ1) is 18.5. The number of piperazine rings is 1. The molecule has 1 N–H and O–H groups in total. The molecule has 9 heteroatoms. The average Bonchev–Trinajstić information content (AvgIpc) is 3.48. The van der Waals surface area contributed by atoms with Crippen molar-refractivity contribution >= 4 is 17.7 Å². The van der Waals surface area contributed by atoms with Crippen LogP contribution in [0.2, 0.25) is 0 Å². The maximum atomic E-state index is 13.1. The van der Waals surface area contributed by atoms with Crippen LogP contribution in [-0.2, 0) is 14.3 Å². The lowest BCUT2D eigenvalue weighted by Crippen LogP contribution is -2.66. The maximum absolute atomic E-state index is 13.1. The van der Waals surface area contributed by atoms with E-state index in [0.29, 0.717) is 38.3 Å². The van der Waals surface area contributed by atoms with Gasteiger partial charge in [0.2, 0.25) is 11.8 Å². The number of piperidine rings is 1. The van der Waals surface area contributed by atoms with Crippen LogP contribution in [0.5, 0.6) is 0 Å². The molecule has 29 heavy (non-hydrogen) atoms. The number of hydrogen-bond donors (Lipinski definition) is 1. The minimum Gasteiger partial charge on any atom is -0.376 e. The largest absolute Gasteiger partial charge is 0.376 e. The first-order chi connectivity index (χ1) is 14.1. The van der Waals surface area contributed by atoms with E-state index in [9.17, 15) is 14.4 Å². The molecule has 154 valence electrons. The normalized spacial score (nSPS) is 31.4. The second kappa shape index (κ2) is 7.37. The van der Waals surface area contributed by atoms with E-state index in [4.69, 9.17) is 4.74 Å².